The highest BCUT2D eigenvalue weighted by Gasteiger charge is 2.06. The number of nitrogens with zero attached hydrogens (tertiary/aromatic N) is 1. The monoisotopic (exact) mass is 214 g/mol. The topological polar surface area (TPSA) is 56.0 Å². The van der Waals surface area contributed by atoms with E-state index in [2.05, 4.69) is 20.9 Å². The van der Waals surface area contributed by atoms with E-state index in [9.17, 15) is 4.79 Å². The molecule has 0 fully saturated rings. The van der Waals surface area contributed by atoms with E-state index in [1.807, 2.05) is 0 Å². The first kappa shape index (κ1) is 8.36. The Morgan fingerprint density at radius 2 is 2.45 bits per heavy atom. The largest absolute Gasteiger partial charge is 0.324 e. The van der Waals surface area contributed by atoms with Crippen LogP contribution in [-0.4, -0.2) is 17.3 Å². The van der Waals surface area contributed by atoms with Crippen LogP contribution in [0.15, 0.2) is 22.9 Å². The number of hydrogen-bond acceptors (Lipinski definition) is 3. The number of ketones is 1. The van der Waals surface area contributed by atoms with Gasteiger partial charge in [-0.1, -0.05) is 0 Å². The van der Waals surface area contributed by atoms with E-state index >= 15 is 0 Å². The SMILES string of the molecule is NCC(=O)c1ccncc1Br. The molecule has 3 nitrogen and oxygen atoms in total. The molecule has 0 radical (unpaired) electrons. The molecule has 2 N–H and O–H groups in total. The smallest absolute Gasteiger partial charge is 0.177 e. The van der Waals surface area contributed by atoms with Crippen molar-refractivity contribution in [3.8, 4) is 0 Å². The van der Waals surface area contributed by atoms with Crippen LogP contribution in [0.5, 0.6) is 0 Å². The molecule has 0 aliphatic heterocycles. The first-order chi connectivity index (χ1) is 5.25. The maximum atomic E-state index is 11.1. The molecule has 0 saturated carbocycles. The van der Waals surface area contributed by atoms with Crippen LogP contribution in [0.4, 0.5) is 0 Å². The van der Waals surface area contributed by atoms with Crippen molar-refractivity contribution >= 4 is 21.7 Å². The molecule has 4 heteroatoms. The summed E-state index contributed by atoms with van der Waals surface area (Å²) in [6.07, 6.45) is 3.14. The molecule has 0 amide bonds. The Bertz CT molecular complexity index is 275. The predicted octanol–water partition coefficient (Wildman–Crippen LogP) is 0.985. The number of carbonyl (C=O) groups excluding carboxylic acids is 1. The summed E-state index contributed by atoms with van der Waals surface area (Å²) in [6, 6.07) is 1.64. The minimum atomic E-state index is -0.0840. The van der Waals surface area contributed by atoms with Crippen LogP contribution in [0.1, 0.15) is 10.4 Å². The van der Waals surface area contributed by atoms with Crippen molar-refractivity contribution in [2.24, 2.45) is 5.73 Å². The number of pyridine rings is 1. The second-order valence-electron chi connectivity index (χ2n) is 1.98. The normalized spacial score (nSPS) is 9.64. The van der Waals surface area contributed by atoms with Crippen molar-refractivity contribution < 1.29 is 4.79 Å². The highest BCUT2D eigenvalue weighted by molar-refractivity contribution is 9.10. The quantitative estimate of drug-likeness (QED) is 0.748. The fourth-order valence-corrected chi connectivity index (χ4v) is 1.18. The fraction of sp³-hybridized carbons (Fsp3) is 0.143. The summed E-state index contributed by atoms with van der Waals surface area (Å²) in [4.78, 5) is 14.9. The number of aromatic nitrogens is 1. The number of halogens is 1. The van der Waals surface area contributed by atoms with Crippen LogP contribution in [0.25, 0.3) is 0 Å². The van der Waals surface area contributed by atoms with E-state index in [1.54, 1.807) is 18.5 Å². The summed E-state index contributed by atoms with van der Waals surface area (Å²) in [5.41, 5.74) is 5.77. The van der Waals surface area contributed by atoms with Gasteiger partial charge in [0.1, 0.15) is 0 Å². The Labute approximate surface area is 72.7 Å². The minimum Gasteiger partial charge on any atom is -0.324 e. The number of Topliss-reactive ketones (excluding diaryl/α,β-unsaturated/α-hetero) is 1. The van der Waals surface area contributed by atoms with Gasteiger partial charge in [0.25, 0.3) is 0 Å². The van der Waals surface area contributed by atoms with Gasteiger partial charge >= 0.3 is 0 Å². The van der Waals surface area contributed by atoms with Gasteiger partial charge in [-0.15, -0.1) is 0 Å². The lowest BCUT2D eigenvalue weighted by atomic mass is 10.2. The van der Waals surface area contributed by atoms with Crippen molar-refractivity contribution in [3.05, 3.63) is 28.5 Å². The molecule has 0 spiro atoms. The molecule has 0 aliphatic carbocycles. The lowest BCUT2D eigenvalue weighted by Gasteiger charge is -1.98. The Balaban J connectivity index is 3.03. The van der Waals surface area contributed by atoms with Gasteiger partial charge in [-0.2, -0.15) is 0 Å². The van der Waals surface area contributed by atoms with Crippen molar-refractivity contribution in [2.45, 2.75) is 0 Å². The van der Waals surface area contributed by atoms with E-state index < -0.39 is 0 Å². The van der Waals surface area contributed by atoms with Crippen LogP contribution in [-0.2, 0) is 0 Å². The average Bonchev–Trinajstić information content (AvgIpc) is 2.04. The number of carbonyl (C=O) groups is 1. The maximum Gasteiger partial charge on any atom is 0.177 e. The van der Waals surface area contributed by atoms with Crippen LogP contribution in [0.3, 0.4) is 0 Å². The van der Waals surface area contributed by atoms with E-state index in [4.69, 9.17) is 5.73 Å². The lowest BCUT2D eigenvalue weighted by molar-refractivity contribution is 0.100. The zero-order chi connectivity index (χ0) is 8.27. The number of nitrogens with two attached hydrogens (primary N) is 1. The van der Waals surface area contributed by atoms with Crippen molar-refractivity contribution in [1.82, 2.24) is 4.98 Å². The molecular weight excluding hydrogens is 208 g/mol. The Hall–Kier alpha value is -0.740. The first-order valence-corrected chi connectivity index (χ1v) is 3.87. The summed E-state index contributed by atoms with van der Waals surface area (Å²) in [5, 5.41) is 0. The first-order valence-electron chi connectivity index (χ1n) is 3.08. The van der Waals surface area contributed by atoms with Gasteiger partial charge in [-0.25, -0.2) is 0 Å². The number of hydrogen-bond donors (Lipinski definition) is 1. The highest BCUT2D eigenvalue weighted by Crippen LogP contribution is 2.13. The zero-order valence-electron chi connectivity index (χ0n) is 5.75. The molecule has 1 rings (SSSR count). The molecule has 0 aliphatic rings. The average molecular weight is 215 g/mol. The Kier molecular flexibility index (Phi) is 2.73. The van der Waals surface area contributed by atoms with Crippen LogP contribution < -0.4 is 5.73 Å². The van der Waals surface area contributed by atoms with Gasteiger partial charge in [0.05, 0.1) is 6.54 Å². The fourth-order valence-electron chi connectivity index (χ4n) is 0.711. The summed E-state index contributed by atoms with van der Waals surface area (Å²) in [6.45, 7) is 0.0304. The van der Waals surface area contributed by atoms with E-state index in [1.165, 1.54) is 0 Å². The van der Waals surface area contributed by atoms with Gasteiger partial charge in [0.2, 0.25) is 0 Å². The standard InChI is InChI=1S/C7H7BrN2O/c8-6-4-10-2-1-5(6)7(11)3-9/h1-2,4H,3,9H2. The van der Waals surface area contributed by atoms with Crippen LogP contribution in [0, 0.1) is 0 Å². The summed E-state index contributed by atoms with van der Waals surface area (Å²) >= 11 is 3.20. The molecule has 1 heterocycles. The van der Waals surface area contributed by atoms with Gasteiger partial charge < -0.3 is 5.73 Å². The van der Waals surface area contributed by atoms with Crippen molar-refractivity contribution in [2.75, 3.05) is 6.54 Å². The second-order valence-corrected chi connectivity index (χ2v) is 2.84. The molecule has 58 valence electrons. The van der Waals surface area contributed by atoms with Crippen LogP contribution >= 0.6 is 15.9 Å². The Morgan fingerprint density at radius 3 is 3.00 bits per heavy atom. The van der Waals surface area contributed by atoms with Gasteiger partial charge in [-0.05, 0) is 22.0 Å². The molecule has 11 heavy (non-hydrogen) atoms. The van der Waals surface area contributed by atoms with Gasteiger partial charge in [0, 0.05) is 22.4 Å². The molecule has 0 atom stereocenters. The maximum absolute atomic E-state index is 11.1. The zero-order valence-corrected chi connectivity index (χ0v) is 7.34. The molecule has 0 aromatic carbocycles. The summed E-state index contributed by atoms with van der Waals surface area (Å²) in [5.74, 6) is -0.0840. The lowest BCUT2D eigenvalue weighted by Crippen LogP contribution is -2.13. The predicted molar refractivity (Wildman–Crippen MR) is 45.3 cm³/mol. The van der Waals surface area contributed by atoms with E-state index in [0.29, 0.717) is 10.0 Å². The molecular formula is C7H7BrN2O. The second kappa shape index (κ2) is 3.59. The summed E-state index contributed by atoms with van der Waals surface area (Å²) < 4.78 is 0.690. The van der Waals surface area contributed by atoms with Gasteiger partial charge in [-0.3, -0.25) is 9.78 Å². The third-order valence-corrected chi connectivity index (χ3v) is 1.89. The molecule has 0 bridgehead atoms. The highest BCUT2D eigenvalue weighted by atomic mass is 79.9. The van der Waals surface area contributed by atoms with Crippen molar-refractivity contribution in [1.29, 1.82) is 0 Å². The molecule has 0 saturated heterocycles. The molecule has 1 aromatic rings. The van der Waals surface area contributed by atoms with Gasteiger partial charge in [0.15, 0.2) is 5.78 Å². The molecule has 1 aromatic heterocycles. The van der Waals surface area contributed by atoms with E-state index in [-0.39, 0.29) is 12.3 Å². The Morgan fingerprint density at radius 1 is 1.73 bits per heavy atom. The summed E-state index contributed by atoms with van der Waals surface area (Å²) in [7, 11) is 0. The van der Waals surface area contributed by atoms with Crippen LogP contribution in [0.2, 0.25) is 0 Å². The van der Waals surface area contributed by atoms with Crippen molar-refractivity contribution in [3.63, 3.8) is 0 Å². The van der Waals surface area contributed by atoms with E-state index in [0.717, 1.165) is 0 Å². The third-order valence-electron chi connectivity index (χ3n) is 1.26. The third kappa shape index (κ3) is 1.85. The molecule has 0 unspecified atom stereocenters. The number of rotatable bonds is 2. The minimum absolute atomic E-state index is 0.0304.